The number of anilines is 2. The summed E-state index contributed by atoms with van der Waals surface area (Å²) < 4.78 is 0. The molecule has 0 bridgehead atoms. The van der Waals surface area contributed by atoms with Gasteiger partial charge in [0.15, 0.2) is 5.82 Å². The first-order chi connectivity index (χ1) is 11.7. The van der Waals surface area contributed by atoms with E-state index in [9.17, 15) is 9.59 Å². The molecule has 0 fully saturated rings. The van der Waals surface area contributed by atoms with Gasteiger partial charge < -0.3 is 10.4 Å². The second-order valence-electron chi connectivity index (χ2n) is 6.73. The minimum atomic E-state index is -0.853. The number of nitrogens with zero attached hydrogens (tertiary/aromatic N) is 2. The van der Waals surface area contributed by atoms with Crippen LogP contribution >= 0.6 is 0 Å². The molecule has 2 amide bonds. The van der Waals surface area contributed by atoms with Crippen LogP contribution in [0.5, 0.6) is 0 Å². The molecule has 0 unspecified atom stereocenters. The van der Waals surface area contributed by atoms with Crippen LogP contribution in [0.2, 0.25) is 0 Å². The molecule has 0 saturated heterocycles. The number of amides is 2. The molecule has 2 aromatic rings. The van der Waals surface area contributed by atoms with Crippen molar-refractivity contribution in [1.29, 1.82) is 0 Å². The minimum absolute atomic E-state index is 0.0470. The smallest absolute Gasteiger partial charge is 0.324 e. The number of carbonyl (C=O) groups excluding carboxylic acids is 1. The molecule has 132 valence electrons. The maximum Gasteiger partial charge on any atom is 0.324 e. The van der Waals surface area contributed by atoms with E-state index in [0.717, 1.165) is 11.3 Å². The topological polar surface area (TPSA) is 104 Å². The number of hydrogen-bond donors (Lipinski definition) is 3. The number of carbonyl (C=O) groups is 2. The normalized spacial score (nSPS) is 11.0. The summed E-state index contributed by atoms with van der Waals surface area (Å²) in [4.78, 5) is 22.7. The van der Waals surface area contributed by atoms with Gasteiger partial charge in [0.25, 0.3) is 0 Å². The SMILES string of the molecule is CC(C)(C)c1ccc(NC(=O)Nc2cccc(CCC(=O)O)c2)nn1. The zero-order valence-electron chi connectivity index (χ0n) is 14.5. The maximum absolute atomic E-state index is 12.1. The molecule has 3 N–H and O–H groups in total. The van der Waals surface area contributed by atoms with Crippen molar-refractivity contribution in [3.05, 3.63) is 47.7 Å². The summed E-state index contributed by atoms with van der Waals surface area (Å²) in [5.74, 6) is -0.499. The molecule has 1 aromatic heterocycles. The summed E-state index contributed by atoms with van der Waals surface area (Å²) in [7, 11) is 0. The monoisotopic (exact) mass is 342 g/mol. The third kappa shape index (κ3) is 5.87. The number of urea groups is 1. The van der Waals surface area contributed by atoms with Crippen LogP contribution in [-0.4, -0.2) is 27.3 Å². The largest absolute Gasteiger partial charge is 0.481 e. The van der Waals surface area contributed by atoms with Crippen molar-refractivity contribution in [2.24, 2.45) is 0 Å². The van der Waals surface area contributed by atoms with Crippen LogP contribution < -0.4 is 10.6 Å². The Bertz CT molecular complexity index is 752. The predicted octanol–water partition coefficient (Wildman–Crippen LogP) is 3.44. The molecular weight excluding hydrogens is 320 g/mol. The highest BCUT2D eigenvalue weighted by molar-refractivity contribution is 5.99. The summed E-state index contributed by atoms with van der Waals surface area (Å²) >= 11 is 0. The molecule has 0 saturated carbocycles. The van der Waals surface area contributed by atoms with Crippen molar-refractivity contribution < 1.29 is 14.7 Å². The number of nitrogens with one attached hydrogen (secondary N) is 2. The number of hydrogen-bond acceptors (Lipinski definition) is 4. The van der Waals surface area contributed by atoms with E-state index in [1.54, 1.807) is 24.3 Å². The van der Waals surface area contributed by atoms with Crippen LogP contribution in [0.3, 0.4) is 0 Å². The van der Waals surface area contributed by atoms with Gasteiger partial charge in [-0.05, 0) is 36.2 Å². The van der Waals surface area contributed by atoms with Crippen LogP contribution in [0.25, 0.3) is 0 Å². The van der Waals surface area contributed by atoms with Crippen molar-refractivity contribution in [3.63, 3.8) is 0 Å². The summed E-state index contributed by atoms with van der Waals surface area (Å²) in [5, 5.41) is 22.2. The van der Waals surface area contributed by atoms with E-state index in [2.05, 4.69) is 20.8 Å². The fourth-order valence-corrected chi connectivity index (χ4v) is 2.13. The van der Waals surface area contributed by atoms with Gasteiger partial charge in [-0.2, -0.15) is 5.10 Å². The van der Waals surface area contributed by atoms with E-state index in [1.165, 1.54) is 0 Å². The van der Waals surface area contributed by atoms with Gasteiger partial charge in [-0.3, -0.25) is 10.1 Å². The third-order valence-electron chi connectivity index (χ3n) is 3.49. The highest BCUT2D eigenvalue weighted by atomic mass is 16.4. The summed E-state index contributed by atoms with van der Waals surface area (Å²) in [5.41, 5.74) is 2.16. The quantitative estimate of drug-likeness (QED) is 0.772. The number of aromatic nitrogens is 2. The summed E-state index contributed by atoms with van der Waals surface area (Å²) in [6.07, 6.45) is 0.456. The predicted molar refractivity (Wildman–Crippen MR) is 95.8 cm³/mol. The van der Waals surface area contributed by atoms with Crippen LogP contribution in [0.1, 0.15) is 38.4 Å². The molecule has 1 aromatic carbocycles. The number of aryl methyl sites for hydroxylation is 1. The maximum atomic E-state index is 12.1. The van der Waals surface area contributed by atoms with Gasteiger partial charge in [-0.25, -0.2) is 4.79 Å². The first-order valence-electron chi connectivity index (χ1n) is 7.97. The minimum Gasteiger partial charge on any atom is -0.481 e. The van der Waals surface area contributed by atoms with Crippen LogP contribution in [0.4, 0.5) is 16.3 Å². The van der Waals surface area contributed by atoms with Gasteiger partial charge in [0.05, 0.1) is 5.69 Å². The Hall–Kier alpha value is -2.96. The number of carboxylic acids is 1. The third-order valence-corrected chi connectivity index (χ3v) is 3.49. The molecule has 2 rings (SSSR count). The molecule has 0 aliphatic carbocycles. The fraction of sp³-hybridized carbons (Fsp3) is 0.333. The number of aliphatic carboxylic acids is 1. The summed E-state index contributed by atoms with van der Waals surface area (Å²) in [6.45, 7) is 6.11. The second-order valence-corrected chi connectivity index (χ2v) is 6.73. The van der Waals surface area contributed by atoms with Gasteiger partial charge in [0.1, 0.15) is 0 Å². The first kappa shape index (κ1) is 18.4. The number of rotatable bonds is 5. The molecule has 0 aliphatic rings. The van der Waals surface area contributed by atoms with Gasteiger partial charge in [-0.15, -0.1) is 5.10 Å². The molecule has 7 nitrogen and oxygen atoms in total. The molecule has 0 aliphatic heterocycles. The Morgan fingerprint density at radius 1 is 1.08 bits per heavy atom. The molecule has 1 heterocycles. The second kappa shape index (κ2) is 7.74. The van der Waals surface area contributed by atoms with Crippen LogP contribution in [0, 0.1) is 0 Å². The van der Waals surface area contributed by atoms with E-state index in [1.807, 2.05) is 32.9 Å². The Morgan fingerprint density at radius 3 is 2.44 bits per heavy atom. The van der Waals surface area contributed by atoms with Crippen LogP contribution in [-0.2, 0) is 16.6 Å². The van der Waals surface area contributed by atoms with Gasteiger partial charge in [0.2, 0.25) is 0 Å². The number of benzene rings is 1. The lowest BCUT2D eigenvalue weighted by Crippen LogP contribution is -2.21. The molecule has 0 atom stereocenters. The molecule has 25 heavy (non-hydrogen) atoms. The van der Waals surface area contributed by atoms with E-state index < -0.39 is 12.0 Å². The summed E-state index contributed by atoms with van der Waals surface area (Å²) in [6, 6.07) is 10.2. The van der Waals surface area contributed by atoms with E-state index in [0.29, 0.717) is 17.9 Å². The first-order valence-corrected chi connectivity index (χ1v) is 7.97. The van der Waals surface area contributed by atoms with Crippen molar-refractivity contribution in [1.82, 2.24) is 10.2 Å². The molecule has 7 heteroatoms. The Kier molecular flexibility index (Phi) is 5.69. The fourth-order valence-electron chi connectivity index (χ4n) is 2.13. The lowest BCUT2D eigenvalue weighted by atomic mass is 9.92. The lowest BCUT2D eigenvalue weighted by Gasteiger charge is -2.16. The molecular formula is C18H22N4O3. The van der Waals surface area contributed by atoms with Crippen molar-refractivity contribution in [2.75, 3.05) is 10.6 Å². The lowest BCUT2D eigenvalue weighted by molar-refractivity contribution is -0.136. The highest BCUT2D eigenvalue weighted by Gasteiger charge is 2.16. The average Bonchev–Trinajstić information content (AvgIpc) is 2.53. The van der Waals surface area contributed by atoms with E-state index in [4.69, 9.17) is 5.11 Å². The van der Waals surface area contributed by atoms with Crippen molar-refractivity contribution >= 4 is 23.5 Å². The zero-order chi connectivity index (χ0) is 18.4. The van der Waals surface area contributed by atoms with Crippen molar-refractivity contribution in [3.8, 4) is 0 Å². The number of carboxylic acid groups (broad SMARTS) is 1. The highest BCUT2D eigenvalue weighted by Crippen LogP contribution is 2.19. The Balaban J connectivity index is 1.96. The standard InChI is InChI=1S/C18H22N4O3/c1-18(2,3)14-8-9-15(22-21-14)20-17(25)19-13-6-4-5-12(11-13)7-10-16(23)24/h4-6,8-9,11H,7,10H2,1-3H3,(H,23,24)(H2,19,20,22,25). The molecule has 0 spiro atoms. The zero-order valence-corrected chi connectivity index (χ0v) is 14.5. The Morgan fingerprint density at radius 2 is 1.84 bits per heavy atom. The van der Waals surface area contributed by atoms with Gasteiger partial charge in [0, 0.05) is 17.5 Å². The molecule has 0 radical (unpaired) electrons. The van der Waals surface area contributed by atoms with Gasteiger partial charge >= 0.3 is 12.0 Å². The van der Waals surface area contributed by atoms with E-state index >= 15 is 0 Å². The average molecular weight is 342 g/mol. The van der Waals surface area contributed by atoms with Crippen LogP contribution in [0.15, 0.2) is 36.4 Å². The Labute approximate surface area is 146 Å². The van der Waals surface area contributed by atoms with Crippen molar-refractivity contribution in [2.45, 2.75) is 39.0 Å². The van der Waals surface area contributed by atoms with E-state index in [-0.39, 0.29) is 11.8 Å². The van der Waals surface area contributed by atoms with Gasteiger partial charge in [-0.1, -0.05) is 32.9 Å².